The highest BCUT2D eigenvalue weighted by atomic mass is 32.2. The van der Waals surface area contributed by atoms with E-state index in [4.69, 9.17) is 5.11 Å². The van der Waals surface area contributed by atoms with Gasteiger partial charge in [0.05, 0.1) is 17.2 Å². The van der Waals surface area contributed by atoms with Gasteiger partial charge in [-0.05, 0) is 17.7 Å². The van der Waals surface area contributed by atoms with Crippen LogP contribution in [0.15, 0.2) is 29.2 Å². The standard InChI is InChI=1S/C11H15NO4S/c1-2-17(15,16)10-5-3-9(4-6-10)7-12-8-11(13)14/h3-6,12H,2,7-8H2,1H3,(H,13,14). The van der Waals surface area contributed by atoms with Crippen molar-refractivity contribution in [3.8, 4) is 0 Å². The van der Waals surface area contributed by atoms with Gasteiger partial charge in [-0.15, -0.1) is 0 Å². The van der Waals surface area contributed by atoms with Crippen molar-refractivity contribution in [2.45, 2.75) is 18.4 Å². The third-order valence-electron chi connectivity index (χ3n) is 2.27. The minimum absolute atomic E-state index is 0.0730. The van der Waals surface area contributed by atoms with Gasteiger partial charge in [0.1, 0.15) is 0 Å². The lowest BCUT2D eigenvalue weighted by atomic mass is 10.2. The monoisotopic (exact) mass is 257 g/mol. The fraction of sp³-hybridized carbons (Fsp3) is 0.364. The van der Waals surface area contributed by atoms with Crippen molar-refractivity contribution < 1.29 is 18.3 Å². The summed E-state index contributed by atoms with van der Waals surface area (Å²) >= 11 is 0. The molecule has 2 N–H and O–H groups in total. The minimum Gasteiger partial charge on any atom is -0.480 e. The smallest absolute Gasteiger partial charge is 0.317 e. The van der Waals surface area contributed by atoms with E-state index in [2.05, 4.69) is 5.32 Å². The number of benzene rings is 1. The topological polar surface area (TPSA) is 83.5 Å². The number of rotatable bonds is 6. The van der Waals surface area contributed by atoms with E-state index in [1.54, 1.807) is 19.1 Å². The summed E-state index contributed by atoms with van der Waals surface area (Å²) in [6.45, 7) is 1.88. The van der Waals surface area contributed by atoms with Crippen LogP contribution >= 0.6 is 0 Å². The molecule has 0 fully saturated rings. The van der Waals surface area contributed by atoms with Gasteiger partial charge in [-0.3, -0.25) is 4.79 Å². The normalized spacial score (nSPS) is 11.4. The lowest BCUT2D eigenvalue weighted by molar-refractivity contribution is -0.135. The molecule has 0 unspecified atom stereocenters. The van der Waals surface area contributed by atoms with Crippen LogP contribution in [0.5, 0.6) is 0 Å². The highest BCUT2D eigenvalue weighted by Gasteiger charge is 2.10. The quantitative estimate of drug-likeness (QED) is 0.782. The van der Waals surface area contributed by atoms with Gasteiger partial charge in [0.15, 0.2) is 9.84 Å². The maximum Gasteiger partial charge on any atom is 0.317 e. The highest BCUT2D eigenvalue weighted by molar-refractivity contribution is 7.91. The van der Waals surface area contributed by atoms with Crippen molar-refractivity contribution in [2.75, 3.05) is 12.3 Å². The van der Waals surface area contributed by atoms with Crippen LogP contribution in [0.3, 0.4) is 0 Å². The minimum atomic E-state index is -3.16. The Morgan fingerprint density at radius 2 is 1.88 bits per heavy atom. The van der Waals surface area contributed by atoms with E-state index in [0.29, 0.717) is 11.4 Å². The molecule has 5 nitrogen and oxygen atoms in total. The average Bonchev–Trinajstić information content (AvgIpc) is 2.29. The maximum absolute atomic E-state index is 11.5. The second-order valence-electron chi connectivity index (χ2n) is 3.54. The van der Waals surface area contributed by atoms with Crippen LogP contribution in [-0.4, -0.2) is 31.8 Å². The predicted molar refractivity (Wildman–Crippen MR) is 63.5 cm³/mol. The van der Waals surface area contributed by atoms with E-state index in [9.17, 15) is 13.2 Å². The summed E-state index contributed by atoms with van der Waals surface area (Å²) in [5.74, 6) is -0.848. The number of hydrogen-bond donors (Lipinski definition) is 2. The molecular weight excluding hydrogens is 242 g/mol. The Morgan fingerprint density at radius 1 is 1.29 bits per heavy atom. The first kappa shape index (κ1) is 13.7. The average molecular weight is 257 g/mol. The first-order valence-corrected chi connectivity index (χ1v) is 6.85. The molecule has 0 aromatic heterocycles. The number of aliphatic carboxylic acids is 1. The van der Waals surface area contributed by atoms with E-state index in [1.807, 2.05) is 0 Å². The number of carbonyl (C=O) groups is 1. The van der Waals surface area contributed by atoms with Gasteiger partial charge in [0, 0.05) is 6.54 Å². The van der Waals surface area contributed by atoms with Crippen molar-refractivity contribution in [1.82, 2.24) is 5.32 Å². The summed E-state index contributed by atoms with van der Waals surface area (Å²) < 4.78 is 23.0. The van der Waals surface area contributed by atoms with Crippen molar-refractivity contribution in [3.63, 3.8) is 0 Å². The molecule has 0 saturated carbocycles. The fourth-order valence-electron chi connectivity index (χ4n) is 1.30. The number of sulfone groups is 1. The molecule has 0 spiro atoms. The molecule has 1 aromatic carbocycles. The lowest BCUT2D eigenvalue weighted by Crippen LogP contribution is -2.21. The fourth-order valence-corrected chi connectivity index (χ4v) is 2.18. The Kier molecular flexibility index (Phi) is 4.65. The zero-order valence-electron chi connectivity index (χ0n) is 9.51. The van der Waals surface area contributed by atoms with Crippen LogP contribution < -0.4 is 5.32 Å². The van der Waals surface area contributed by atoms with Crippen molar-refractivity contribution >= 4 is 15.8 Å². The summed E-state index contributed by atoms with van der Waals surface area (Å²) in [4.78, 5) is 10.6. The molecule has 0 bridgehead atoms. The molecule has 1 rings (SSSR count). The van der Waals surface area contributed by atoms with Crippen molar-refractivity contribution in [1.29, 1.82) is 0 Å². The molecule has 0 amide bonds. The largest absolute Gasteiger partial charge is 0.480 e. The molecule has 17 heavy (non-hydrogen) atoms. The number of carboxylic acids is 1. The summed E-state index contributed by atoms with van der Waals surface area (Å²) in [6.07, 6.45) is 0. The zero-order chi connectivity index (χ0) is 12.9. The number of carboxylic acid groups (broad SMARTS) is 1. The first-order chi connectivity index (χ1) is 7.95. The van der Waals surface area contributed by atoms with E-state index in [0.717, 1.165) is 5.56 Å². The van der Waals surface area contributed by atoms with Crippen LogP contribution in [0.25, 0.3) is 0 Å². The van der Waals surface area contributed by atoms with E-state index in [1.165, 1.54) is 12.1 Å². The second kappa shape index (κ2) is 5.79. The predicted octanol–water partition coefficient (Wildman–Crippen LogP) is 0.654. The molecule has 0 heterocycles. The molecular formula is C11H15NO4S. The van der Waals surface area contributed by atoms with E-state index < -0.39 is 15.8 Å². The highest BCUT2D eigenvalue weighted by Crippen LogP contribution is 2.12. The van der Waals surface area contributed by atoms with Crippen LogP contribution in [0.1, 0.15) is 12.5 Å². The Morgan fingerprint density at radius 3 is 2.35 bits per heavy atom. The van der Waals surface area contributed by atoms with Crippen LogP contribution in [0, 0.1) is 0 Å². The Balaban J connectivity index is 2.66. The first-order valence-electron chi connectivity index (χ1n) is 5.20. The third-order valence-corrected chi connectivity index (χ3v) is 4.02. The maximum atomic E-state index is 11.5. The van der Waals surface area contributed by atoms with Crippen LogP contribution in [0.4, 0.5) is 0 Å². The van der Waals surface area contributed by atoms with Crippen LogP contribution in [0.2, 0.25) is 0 Å². The Hall–Kier alpha value is -1.40. The van der Waals surface area contributed by atoms with Gasteiger partial charge in [-0.2, -0.15) is 0 Å². The molecule has 0 saturated heterocycles. The van der Waals surface area contributed by atoms with Crippen molar-refractivity contribution in [3.05, 3.63) is 29.8 Å². The van der Waals surface area contributed by atoms with Gasteiger partial charge in [-0.1, -0.05) is 19.1 Å². The molecule has 6 heteroatoms. The van der Waals surface area contributed by atoms with Crippen LogP contribution in [-0.2, 0) is 21.2 Å². The summed E-state index contributed by atoms with van der Waals surface area (Å²) in [5, 5.41) is 11.2. The molecule has 0 aliphatic heterocycles. The third kappa shape index (κ3) is 4.16. The summed E-state index contributed by atoms with van der Waals surface area (Å²) in [5.41, 5.74) is 0.848. The molecule has 0 aliphatic rings. The second-order valence-corrected chi connectivity index (χ2v) is 5.82. The Labute approximate surface area is 100 Å². The zero-order valence-corrected chi connectivity index (χ0v) is 10.3. The summed E-state index contributed by atoms with van der Waals surface area (Å²) in [7, 11) is -3.16. The molecule has 94 valence electrons. The molecule has 0 aliphatic carbocycles. The molecule has 0 atom stereocenters. The number of nitrogens with one attached hydrogen (secondary N) is 1. The number of hydrogen-bond acceptors (Lipinski definition) is 4. The van der Waals surface area contributed by atoms with Gasteiger partial charge < -0.3 is 10.4 Å². The Bertz CT molecular complexity index is 479. The summed E-state index contributed by atoms with van der Waals surface area (Å²) in [6, 6.07) is 6.43. The molecule has 1 aromatic rings. The van der Waals surface area contributed by atoms with Crippen molar-refractivity contribution in [2.24, 2.45) is 0 Å². The van der Waals surface area contributed by atoms with Gasteiger partial charge in [0.2, 0.25) is 0 Å². The molecule has 0 radical (unpaired) electrons. The SMILES string of the molecule is CCS(=O)(=O)c1ccc(CNCC(=O)O)cc1. The lowest BCUT2D eigenvalue weighted by Gasteiger charge is -2.04. The van der Waals surface area contributed by atoms with E-state index >= 15 is 0 Å². The van der Waals surface area contributed by atoms with E-state index in [-0.39, 0.29) is 12.3 Å². The van der Waals surface area contributed by atoms with Gasteiger partial charge in [0.25, 0.3) is 0 Å². The van der Waals surface area contributed by atoms with Gasteiger partial charge in [-0.25, -0.2) is 8.42 Å². The van der Waals surface area contributed by atoms with Gasteiger partial charge >= 0.3 is 5.97 Å².